The van der Waals surface area contributed by atoms with Crippen molar-refractivity contribution in [2.45, 2.75) is 38.1 Å². The van der Waals surface area contributed by atoms with Crippen LogP contribution >= 0.6 is 0 Å². The second-order valence-corrected chi connectivity index (χ2v) is 7.51. The van der Waals surface area contributed by atoms with Crippen LogP contribution in [0.2, 0.25) is 0 Å². The first-order valence-corrected chi connectivity index (χ1v) is 8.49. The summed E-state index contributed by atoms with van der Waals surface area (Å²) in [4.78, 5) is 0. The van der Waals surface area contributed by atoms with Crippen molar-refractivity contribution in [3.05, 3.63) is 0 Å². The summed E-state index contributed by atoms with van der Waals surface area (Å²) in [6, 6.07) is 0.164. The summed E-state index contributed by atoms with van der Waals surface area (Å²) in [5, 5.41) is 3.32. The molecule has 1 N–H and O–H groups in total. The van der Waals surface area contributed by atoms with E-state index in [-0.39, 0.29) is 6.04 Å². The zero-order chi connectivity index (χ0) is 12.1. The third kappa shape index (κ3) is 5.36. The quantitative estimate of drug-likeness (QED) is 0.694. The third-order valence-corrected chi connectivity index (χ3v) is 5.23. The summed E-state index contributed by atoms with van der Waals surface area (Å²) in [6.07, 6.45) is 5.43. The van der Waals surface area contributed by atoms with Crippen molar-refractivity contribution in [1.82, 2.24) is 5.32 Å². The molecule has 1 atom stereocenters. The van der Waals surface area contributed by atoms with Crippen LogP contribution in [0.15, 0.2) is 0 Å². The first-order chi connectivity index (χ1) is 8.16. The van der Waals surface area contributed by atoms with E-state index in [1.54, 1.807) is 0 Å². The number of sulfone groups is 1. The molecule has 0 bridgehead atoms. The van der Waals surface area contributed by atoms with Crippen molar-refractivity contribution in [3.8, 4) is 0 Å². The molecule has 1 aliphatic heterocycles. The largest absolute Gasteiger partial charge is 0.381 e. The topological polar surface area (TPSA) is 55.4 Å². The van der Waals surface area contributed by atoms with E-state index in [0.717, 1.165) is 44.9 Å². The zero-order valence-corrected chi connectivity index (χ0v) is 11.2. The highest BCUT2D eigenvalue weighted by molar-refractivity contribution is 7.91. The van der Waals surface area contributed by atoms with Gasteiger partial charge in [0.1, 0.15) is 0 Å². The van der Waals surface area contributed by atoms with Crippen molar-refractivity contribution in [2.24, 2.45) is 5.92 Å². The summed E-state index contributed by atoms with van der Waals surface area (Å²) in [7, 11) is -2.78. The Kier molecular flexibility index (Phi) is 4.82. The maximum atomic E-state index is 11.4. The van der Waals surface area contributed by atoms with Gasteiger partial charge in [-0.15, -0.1) is 0 Å². The molecule has 2 aliphatic rings. The molecule has 0 spiro atoms. The Bertz CT molecular complexity index is 325. The molecular weight excluding hydrogens is 238 g/mol. The van der Waals surface area contributed by atoms with Crippen LogP contribution in [0.5, 0.6) is 0 Å². The summed E-state index contributed by atoms with van der Waals surface area (Å²) in [5.74, 6) is 1.51. The first-order valence-electron chi connectivity index (χ1n) is 6.67. The minimum Gasteiger partial charge on any atom is -0.381 e. The second-order valence-electron chi connectivity index (χ2n) is 5.28. The smallest absolute Gasteiger partial charge is 0.151 e. The minimum absolute atomic E-state index is 0.164. The molecule has 1 aliphatic carbocycles. The van der Waals surface area contributed by atoms with Crippen LogP contribution in [-0.2, 0) is 14.6 Å². The summed E-state index contributed by atoms with van der Waals surface area (Å²) in [5.41, 5.74) is 0. The molecule has 4 nitrogen and oxygen atoms in total. The van der Waals surface area contributed by atoms with Gasteiger partial charge in [0, 0.05) is 19.3 Å². The van der Waals surface area contributed by atoms with Gasteiger partial charge < -0.3 is 10.1 Å². The normalized spacial score (nSPS) is 28.1. The predicted molar refractivity (Wildman–Crippen MR) is 67.8 cm³/mol. The van der Waals surface area contributed by atoms with Crippen LogP contribution in [0.3, 0.4) is 0 Å². The van der Waals surface area contributed by atoms with Gasteiger partial charge in [-0.25, -0.2) is 8.42 Å². The van der Waals surface area contributed by atoms with E-state index in [9.17, 15) is 8.42 Å². The Balaban J connectivity index is 1.49. The molecule has 0 aromatic carbocycles. The van der Waals surface area contributed by atoms with Crippen molar-refractivity contribution in [1.29, 1.82) is 0 Å². The fourth-order valence-electron chi connectivity index (χ4n) is 2.20. The monoisotopic (exact) mass is 261 g/mol. The van der Waals surface area contributed by atoms with E-state index in [1.165, 1.54) is 12.8 Å². The predicted octanol–water partition coefficient (Wildman–Crippen LogP) is 0.970. The first kappa shape index (κ1) is 13.3. The summed E-state index contributed by atoms with van der Waals surface area (Å²) >= 11 is 0. The van der Waals surface area contributed by atoms with Gasteiger partial charge >= 0.3 is 0 Å². The van der Waals surface area contributed by atoms with Crippen LogP contribution in [0.25, 0.3) is 0 Å². The second kappa shape index (κ2) is 6.16. The summed E-state index contributed by atoms with van der Waals surface area (Å²) < 4.78 is 28.4. The molecule has 1 unspecified atom stereocenters. The molecule has 100 valence electrons. The van der Waals surface area contributed by atoms with E-state index in [4.69, 9.17) is 4.74 Å². The molecular formula is C12H23NO3S. The molecule has 1 heterocycles. The lowest BCUT2D eigenvalue weighted by Crippen LogP contribution is -2.40. The molecule has 0 aromatic heterocycles. The fourth-order valence-corrected chi connectivity index (χ4v) is 3.87. The van der Waals surface area contributed by atoms with Crippen LogP contribution in [0.4, 0.5) is 0 Å². The molecule has 1 saturated heterocycles. The van der Waals surface area contributed by atoms with Crippen LogP contribution in [0, 0.1) is 5.92 Å². The van der Waals surface area contributed by atoms with Gasteiger partial charge in [0.2, 0.25) is 0 Å². The standard InChI is InChI=1S/C12H23NO3S/c14-17(15)8-1-3-12(10-17)13-6-2-7-16-9-11-4-5-11/h11-13H,1-10H2. The van der Waals surface area contributed by atoms with Gasteiger partial charge in [0.15, 0.2) is 9.84 Å². The molecule has 2 fully saturated rings. The van der Waals surface area contributed by atoms with E-state index >= 15 is 0 Å². The Hall–Kier alpha value is -0.130. The highest BCUT2D eigenvalue weighted by atomic mass is 32.2. The molecule has 0 amide bonds. The average molecular weight is 261 g/mol. The van der Waals surface area contributed by atoms with E-state index in [0.29, 0.717) is 11.5 Å². The number of nitrogens with one attached hydrogen (secondary N) is 1. The lowest BCUT2D eigenvalue weighted by Gasteiger charge is -2.23. The number of ether oxygens (including phenoxy) is 1. The molecule has 0 aromatic rings. The maximum absolute atomic E-state index is 11.4. The minimum atomic E-state index is -2.78. The Morgan fingerprint density at radius 2 is 2.06 bits per heavy atom. The maximum Gasteiger partial charge on any atom is 0.151 e. The van der Waals surface area contributed by atoms with Crippen molar-refractivity contribution >= 4 is 9.84 Å². The van der Waals surface area contributed by atoms with E-state index in [2.05, 4.69) is 5.32 Å². The molecule has 0 radical (unpaired) electrons. The number of hydrogen-bond acceptors (Lipinski definition) is 4. The van der Waals surface area contributed by atoms with Crippen molar-refractivity contribution in [3.63, 3.8) is 0 Å². The van der Waals surface area contributed by atoms with Crippen LogP contribution < -0.4 is 5.32 Å². The van der Waals surface area contributed by atoms with Crippen molar-refractivity contribution in [2.75, 3.05) is 31.3 Å². The van der Waals surface area contributed by atoms with Gasteiger partial charge in [-0.05, 0) is 44.6 Å². The van der Waals surface area contributed by atoms with Gasteiger partial charge in [-0.3, -0.25) is 0 Å². The average Bonchev–Trinajstić information content (AvgIpc) is 3.05. The van der Waals surface area contributed by atoms with E-state index < -0.39 is 9.84 Å². The Labute approximate surface area is 104 Å². The molecule has 1 saturated carbocycles. The van der Waals surface area contributed by atoms with Gasteiger partial charge in [-0.1, -0.05) is 0 Å². The van der Waals surface area contributed by atoms with Gasteiger partial charge in [0.25, 0.3) is 0 Å². The van der Waals surface area contributed by atoms with Gasteiger partial charge in [0.05, 0.1) is 11.5 Å². The fraction of sp³-hybridized carbons (Fsp3) is 1.00. The summed E-state index contributed by atoms with van der Waals surface area (Å²) in [6.45, 7) is 2.58. The lowest BCUT2D eigenvalue weighted by atomic mass is 10.2. The molecule has 2 rings (SSSR count). The van der Waals surface area contributed by atoms with E-state index in [1.807, 2.05) is 0 Å². The molecule has 17 heavy (non-hydrogen) atoms. The third-order valence-electron chi connectivity index (χ3n) is 3.41. The molecule has 5 heteroatoms. The lowest BCUT2D eigenvalue weighted by molar-refractivity contribution is 0.121. The highest BCUT2D eigenvalue weighted by Gasteiger charge is 2.24. The van der Waals surface area contributed by atoms with Crippen LogP contribution in [0.1, 0.15) is 32.1 Å². The zero-order valence-electron chi connectivity index (χ0n) is 10.4. The van der Waals surface area contributed by atoms with Gasteiger partial charge in [-0.2, -0.15) is 0 Å². The SMILES string of the molecule is O=S1(=O)CCCC(NCCCOCC2CC2)C1. The Morgan fingerprint density at radius 1 is 1.24 bits per heavy atom. The number of rotatable bonds is 7. The van der Waals surface area contributed by atoms with Crippen molar-refractivity contribution < 1.29 is 13.2 Å². The highest BCUT2D eigenvalue weighted by Crippen LogP contribution is 2.28. The Morgan fingerprint density at radius 3 is 2.76 bits per heavy atom. The van der Waals surface area contributed by atoms with Crippen LogP contribution in [-0.4, -0.2) is 45.7 Å². The number of hydrogen-bond donors (Lipinski definition) is 1.